The van der Waals surface area contributed by atoms with Crippen LogP contribution in [0.2, 0.25) is 0 Å². The van der Waals surface area contributed by atoms with Gasteiger partial charge in [-0.15, -0.1) is 5.10 Å². The smallest absolute Gasteiger partial charge is 0.208 e. The van der Waals surface area contributed by atoms with Gasteiger partial charge in [0.25, 0.3) is 0 Å². The highest BCUT2D eigenvalue weighted by atomic mass is 32.2. The zero-order chi connectivity index (χ0) is 8.23. The van der Waals surface area contributed by atoms with Crippen LogP contribution in [-0.4, -0.2) is 33.5 Å². The van der Waals surface area contributed by atoms with Crippen LogP contribution in [0.3, 0.4) is 0 Å². The third-order valence-electron chi connectivity index (χ3n) is 1.95. The van der Waals surface area contributed by atoms with Crippen molar-refractivity contribution in [2.24, 2.45) is 0 Å². The molecule has 1 aliphatic rings. The summed E-state index contributed by atoms with van der Waals surface area (Å²) >= 11 is 1.78. The van der Waals surface area contributed by atoms with E-state index in [1.54, 1.807) is 18.1 Å². The van der Waals surface area contributed by atoms with Gasteiger partial charge in [0.05, 0.1) is 0 Å². The van der Waals surface area contributed by atoms with E-state index in [-0.39, 0.29) is 0 Å². The Hall–Kier alpha value is -0.550. The van der Waals surface area contributed by atoms with Gasteiger partial charge in [-0.05, 0) is 25.9 Å². The van der Waals surface area contributed by atoms with Gasteiger partial charge in [0, 0.05) is 5.25 Å². The summed E-state index contributed by atoms with van der Waals surface area (Å²) in [4.78, 5) is 4.09. The summed E-state index contributed by atoms with van der Waals surface area (Å²) in [5.74, 6) is 0. The summed E-state index contributed by atoms with van der Waals surface area (Å²) in [6.07, 6.45) is 4.07. The van der Waals surface area contributed by atoms with Gasteiger partial charge >= 0.3 is 0 Å². The normalized spacial score (nSPS) is 19.7. The Labute approximate surface area is 75.5 Å². The maximum atomic E-state index is 4.09. The Kier molecular flexibility index (Phi) is 2.63. The molecule has 0 amide bonds. The maximum Gasteiger partial charge on any atom is 0.208 e. The summed E-state index contributed by atoms with van der Waals surface area (Å²) in [5.41, 5.74) is 0. The molecule has 0 saturated carbocycles. The molecule has 4 nitrogen and oxygen atoms in total. The second-order valence-electron chi connectivity index (χ2n) is 2.85. The number of thioether (sulfide) groups is 1. The van der Waals surface area contributed by atoms with Crippen LogP contribution < -0.4 is 5.32 Å². The molecule has 1 aliphatic heterocycles. The third-order valence-corrected chi connectivity index (χ3v) is 3.16. The number of nitrogens with zero attached hydrogens (tertiary/aromatic N) is 2. The topological polar surface area (TPSA) is 53.6 Å². The summed E-state index contributed by atoms with van der Waals surface area (Å²) < 4.78 is 0. The van der Waals surface area contributed by atoms with Crippen molar-refractivity contribution in [2.45, 2.75) is 23.2 Å². The van der Waals surface area contributed by atoms with Crippen LogP contribution in [0.5, 0.6) is 0 Å². The molecule has 0 aliphatic carbocycles. The fourth-order valence-corrected chi connectivity index (χ4v) is 2.30. The molecule has 2 N–H and O–H groups in total. The van der Waals surface area contributed by atoms with E-state index in [1.807, 2.05) is 0 Å². The van der Waals surface area contributed by atoms with Crippen molar-refractivity contribution < 1.29 is 0 Å². The highest BCUT2D eigenvalue weighted by Crippen LogP contribution is 2.24. The fourth-order valence-electron chi connectivity index (χ4n) is 1.32. The molecule has 0 aromatic carbocycles. The molecule has 0 spiro atoms. The van der Waals surface area contributed by atoms with E-state index in [2.05, 4.69) is 20.5 Å². The number of H-pyrrole nitrogens is 1. The van der Waals surface area contributed by atoms with Crippen molar-refractivity contribution in [3.05, 3.63) is 6.33 Å². The standard InChI is InChI=1S/C7H12N4S/c1-3-8-4-2-6(1)12-7-9-5-10-11-7/h5-6,8H,1-4H2,(H,9,10,11). The van der Waals surface area contributed by atoms with Crippen LogP contribution in [0.1, 0.15) is 12.8 Å². The molecule has 2 rings (SSSR count). The molecule has 1 saturated heterocycles. The van der Waals surface area contributed by atoms with Crippen molar-refractivity contribution in [1.29, 1.82) is 0 Å². The first-order valence-electron chi connectivity index (χ1n) is 4.18. The molecule has 0 bridgehead atoms. The molecular formula is C7H12N4S. The predicted molar refractivity (Wildman–Crippen MR) is 48.1 cm³/mol. The van der Waals surface area contributed by atoms with E-state index in [1.165, 1.54) is 12.8 Å². The lowest BCUT2D eigenvalue weighted by atomic mass is 10.2. The van der Waals surface area contributed by atoms with E-state index >= 15 is 0 Å². The van der Waals surface area contributed by atoms with Crippen LogP contribution in [0, 0.1) is 0 Å². The van der Waals surface area contributed by atoms with Crippen molar-refractivity contribution in [3.8, 4) is 0 Å². The molecule has 0 atom stereocenters. The lowest BCUT2D eigenvalue weighted by Gasteiger charge is -2.20. The largest absolute Gasteiger partial charge is 0.317 e. The summed E-state index contributed by atoms with van der Waals surface area (Å²) in [6.45, 7) is 2.25. The third kappa shape index (κ3) is 1.98. The number of aromatic nitrogens is 3. The summed E-state index contributed by atoms with van der Waals surface area (Å²) in [5, 5.41) is 11.6. The molecule has 1 aromatic heterocycles. The molecule has 12 heavy (non-hydrogen) atoms. The Morgan fingerprint density at radius 3 is 2.92 bits per heavy atom. The Balaban J connectivity index is 1.86. The van der Waals surface area contributed by atoms with Crippen LogP contribution >= 0.6 is 11.8 Å². The number of piperidine rings is 1. The second-order valence-corrected chi connectivity index (χ2v) is 4.12. The first kappa shape index (κ1) is 8.07. The number of hydrogen-bond donors (Lipinski definition) is 2. The summed E-state index contributed by atoms with van der Waals surface area (Å²) in [6, 6.07) is 0. The van der Waals surface area contributed by atoms with Crippen molar-refractivity contribution in [2.75, 3.05) is 13.1 Å². The van der Waals surface area contributed by atoms with E-state index in [0.29, 0.717) is 5.25 Å². The van der Waals surface area contributed by atoms with Gasteiger partial charge in [-0.25, -0.2) is 4.98 Å². The highest BCUT2D eigenvalue weighted by molar-refractivity contribution is 7.99. The summed E-state index contributed by atoms with van der Waals surface area (Å²) in [7, 11) is 0. The molecule has 66 valence electrons. The van der Waals surface area contributed by atoms with E-state index in [9.17, 15) is 0 Å². The Bertz CT molecular complexity index is 217. The minimum absolute atomic E-state index is 0.696. The minimum atomic E-state index is 0.696. The zero-order valence-electron chi connectivity index (χ0n) is 6.79. The van der Waals surface area contributed by atoms with Gasteiger partial charge in [-0.3, -0.25) is 5.10 Å². The van der Waals surface area contributed by atoms with Gasteiger partial charge in [0.1, 0.15) is 6.33 Å². The Morgan fingerprint density at radius 2 is 2.25 bits per heavy atom. The van der Waals surface area contributed by atoms with Crippen molar-refractivity contribution in [1.82, 2.24) is 20.5 Å². The van der Waals surface area contributed by atoms with E-state index < -0.39 is 0 Å². The zero-order valence-corrected chi connectivity index (χ0v) is 7.60. The van der Waals surface area contributed by atoms with Gasteiger partial charge in [0.15, 0.2) is 0 Å². The lowest BCUT2D eigenvalue weighted by Crippen LogP contribution is -2.29. The number of aromatic amines is 1. The minimum Gasteiger partial charge on any atom is -0.317 e. The van der Waals surface area contributed by atoms with Crippen LogP contribution in [-0.2, 0) is 0 Å². The molecule has 1 aromatic rings. The van der Waals surface area contributed by atoms with Crippen molar-refractivity contribution in [3.63, 3.8) is 0 Å². The average Bonchev–Trinajstić information content (AvgIpc) is 2.59. The quantitative estimate of drug-likeness (QED) is 0.708. The SMILES string of the molecule is c1nc(SC2CCNCC2)n[nH]1. The molecule has 0 radical (unpaired) electrons. The second kappa shape index (κ2) is 3.91. The van der Waals surface area contributed by atoms with E-state index in [0.717, 1.165) is 18.2 Å². The molecule has 2 heterocycles. The fraction of sp³-hybridized carbons (Fsp3) is 0.714. The predicted octanol–water partition coefficient (Wildman–Crippen LogP) is 0.649. The first-order valence-corrected chi connectivity index (χ1v) is 5.06. The molecular weight excluding hydrogens is 172 g/mol. The van der Waals surface area contributed by atoms with Gasteiger partial charge in [-0.2, -0.15) is 0 Å². The van der Waals surface area contributed by atoms with Gasteiger partial charge in [0.2, 0.25) is 5.16 Å². The van der Waals surface area contributed by atoms with Crippen LogP contribution in [0.15, 0.2) is 11.5 Å². The Morgan fingerprint density at radius 1 is 1.42 bits per heavy atom. The molecule has 0 unspecified atom stereocenters. The highest BCUT2D eigenvalue weighted by Gasteiger charge is 2.15. The van der Waals surface area contributed by atoms with Crippen molar-refractivity contribution >= 4 is 11.8 Å². The first-order chi connectivity index (χ1) is 5.95. The lowest BCUT2D eigenvalue weighted by molar-refractivity contribution is 0.531. The maximum absolute atomic E-state index is 4.09. The van der Waals surface area contributed by atoms with Gasteiger partial charge in [-0.1, -0.05) is 11.8 Å². The number of hydrogen-bond acceptors (Lipinski definition) is 4. The van der Waals surface area contributed by atoms with Crippen LogP contribution in [0.4, 0.5) is 0 Å². The monoisotopic (exact) mass is 184 g/mol. The number of nitrogens with one attached hydrogen (secondary N) is 2. The number of rotatable bonds is 2. The average molecular weight is 184 g/mol. The van der Waals surface area contributed by atoms with Crippen LogP contribution in [0.25, 0.3) is 0 Å². The van der Waals surface area contributed by atoms with E-state index in [4.69, 9.17) is 0 Å². The molecule has 5 heteroatoms. The van der Waals surface area contributed by atoms with Gasteiger partial charge < -0.3 is 5.32 Å². The molecule has 1 fully saturated rings.